The fourth-order valence-corrected chi connectivity index (χ4v) is 2.80. The number of halogens is 1. The van der Waals surface area contributed by atoms with Gasteiger partial charge in [0.2, 0.25) is 5.91 Å². The molecular formula is C17H14ClN3O. The number of nitrogens with zero attached hydrogens (tertiary/aromatic N) is 2. The molecular weight excluding hydrogens is 298 g/mol. The molecule has 1 aliphatic heterocycles. The van der Waals surface area contributed by atoms with Gasteiger partial charge < -0.3 is 10.2 Å². The van der Waals surface area contributed by atoms with Crippen molar-refractivity contribution in [3.8, 4) is 6.07 Å². The third-order valence-electron chi connectivity index (χ3n) is 3.72. The van der Waals surface area contributed by atoms with E-state index in [9.17, 15) is 4.79 Å². The maximum atomic E-state index is 12.4. The molecule has 1 aliphatic rings. The molecule has 0 bridgehead atoms. The largest absolute Gasteiger partial charge is 0.375 e. The van der Waals surface area contributed by atoms with Gasteiger partial charge in [0.25, 0.3) is 0 Å². The second-order valence-electron chi connectivity index (χ2n) is 5.08. The maximum Gasteiger partial charge on any atom is 0.246 e. The van der Waals surface area contributed by atoms with E-state index in [1.54, 1.807) is 23.1 Å². The van der Waals surface area contributed by atoms with Crippen molar-refractivity contribution in [1.29, 1.82) is 5.26 Å². The zero-order chi connectivity index (χ0) is 15.5. The summed E-state index contributed by atoms with van der Waals surface area (Å²) in [6.07, 6.45) is 0.881. The minimum atomic E-state index is -0.0104. The van der Waals surface area contributed by atoms with E-state index in [4.69, 9.17) is 16.9 Å². The maximum absolute atomic E-state index is 12.4. The number of nitrogens with one attached hydrogen (secondary N) is 1. The monoisotopic (exact) mass is 311 g/mol. The van der Waals surface area contributed by atoms with E-state index in [1.807, 2.05) is 24.3 Å². The number of hydrogen-bond donors (Lipinski definition) is 1. The van der Waals surface area contributed by atoms with E-state index in [0.717, 1.165) is 12.1 Å². The highest BCUT2D eigenvalue weighted by Crippen LogP contribution is 2.27. The van der Waals surface area contributed by atoms with Crippen molar-refractivity contribution in [2.24, 2.45) is 0 Å². The van der Waals surface area contributed by atoms with E-state index in [2.05, 4.69) is 11.4 Å². The average Bonchev–Trinajstić information content (AvgIpc) is 2.97. The lowest BCUT2D eigenvalue weighted by Gasteiger charge is -2.18. The number of carbonyl (C=O) groups is 1. The van der Waals surface area contributed by atoms with Crippen molar-refractivity contribution in [2.75, 3.05) is 23.3 Å². The Balaban J connectivity index is 1.71. The molecule has 0 saturated carbocycles. The highest BCUT2D eigenvalue weighted by atomic mass is 35.5. The molecule has 2 aromatic rings. The van der Waals surface area contributed by atoms with Crippen molar-refractivity contribution in [3.05, 3.63) is 58.6 Å². The van der Waals surface area contributed by atoms with Gasteiger partial charge in [0.05, 0.1) is 17.8 Å². The van der Waals surface area contributed by atoms with Crippen LogP contribution in [0.4, 0.5) is 11.4 Å². The summed E-state index contributed by atoms with van der Waals surface area (Å²) in [7, 11) is 0. The van der Waals surface area contributed by atoms with E-state index >= 15 is 0 Å². The number of anilines is 2. The minimum Gasteiger partial charge on any atom is -0.375 e. The number of hydrogen-bond acceptors (Lipinski definition) is 3. The van der Waals surface area contributed by atoms with Gasteiger partial charge >= 0.3 is 0 Å². The Kier molecular flexibility index (Phi) is 3.99. The van der Waals surface area contributed by atoms with Crippen LogP contribution in [-0.4, -0.2) is 19.0 Å². The number of fused-ring (bicyclic) bond motifs is 1. The number of carbonyl (C=O) groups excluding carboxylic acids is 1. The lowest BCUT2D eigenvalue weighted by molar-refractivity contribution is -0.116. The molecule has 110 valence electrons. The molecule has 0 radical (unpaired) electrons. The van der Waals surface area contributed by atoms with Gasteiger partial charge in [0, 0.05) is 17.3 Å². The summed E-state index contributed by atoms with van der Waals surface area (Å²) >= 11 is 5.86. The summed E-state index contributed by atoms with van der Waals surface area (Å²) in [6, 6.07) is 15.0. The zero-order valence-electron chi connectivity index (χ0n) is 11.8. The van der Waals surface area contributed by atoms with Gasteiger partial charge in [0.1, 0.15) is 6.07 Å². The number of nitriles is 1. The molecule has 0 fully saturated rings. The lowest BCUT2D eigenvalue weighted by Crippen LogP contribution is -2.34. The van der Waals surface area contributed by atoms with Crippen LogP contribution in [0.3, 0.4) is 0 Å². The Morgan fingerprint density at radius 3 is 2.95 bits per heavy atom. The average molecular weight is 312 g/mol. The molecule has 0 atom stereocenters. The molecule has 1 heterocycles. The molecule has 5 heteroatoms. The van der Waals surface area contributed by atoms with Gasteiger partial charge in [0.15, 0.2) is 0 Å². The van der Waals surface area contributed by atoms with Crippen LogP contribution in [0.5, 0.6) is 0 Å². The molecule has 2 aromatic carbocycles. The molecule has 0 aromatic heterocycles. The first-order valence-corrected chi connectivity index (χ1v) is 7.38. The Morgan fingerprint density at radius 2 is 2.14 bits per heavy atom. The fraction of sp³-hybridized carbons (Fsp3) is 0.176. The summed E-state index contributed by atoms with van der Waals surface area (Å²) in [6.45, 7) is 0.843. The minimum absolute atomic E-state index is 0.0104. The van der Waals surface area contributed by atoms with E-state index in [-0.39, 0.29) is 12.5 Å². The first-order valence-electron chi connectivity index (χ1n) is 7.01. The number of rotatable bonds is 3. The number of amides is 1. The van der Waals surface area contributed by atoms with Gasteiger partial charge in [-0.05, 0) is 36.2 Å². The molecule has 0 saturated heterocycles. The molecule has 22 heavy (non-hydrogen) atoms. The smallest absolute Gasteiger partial charge is 0.246 e. The quantitative estimate of drug-likeness (QED) is 0.947. The first kappa shape index (κ1) is 14.4. The second-order valence-corrected chi connectivity index (χ2v) is 5.52. The lowest BCUT2D eigenvalue weighted by atomic mass is 10.2. The predicted octanol–water partition coefficient (Wildman–Crippen LogP) is 3.21. The van der Waals surface area contributed by atoms with Gasteiger partial charge in [-0.3, -0.25) is 4.79 Å². The third kappa shape index (κ3) is 2.76. The van der Waals surface area contributed by atoms with Crippen LogP contribution >= 0.6 is 11.6 Å². The zero-order valence-corrected chi connectivity index (χ0v) is 12.6. The van der Waals surface area contributed by atoms with Crippen LogP contribution in [0.25, 0.3) is 0 Å². The van der Waals surface area contributed by atoms with Crippen molar-refractivity contribution in [1.82, 2.24) is 0 Å². The molecule has 1 amide bonds. The van der Waals surface area contributed by atoms with Gasteiger partial charge in [-0.15, -0.1) is 0 Å². The highest BCUT2D eigenvalue weighted by Gasteiger charge is 2.23. The normalized spacial score (nSPS) is 12.6. The van der Waals surface area contributed by atoms with Crippen LogP contribution in [0.2, 0.25) is 5.02 Å². The topological polar surface area (TPSA) is 56.1 Å². The predicted molar refractivity (Wildman–Crippen MR) is 87.2 cm³/mol. The summed E-state index contributed by atoms with van der Waals surface area (Å²) in [5.41, 5.74) is 3.22. The molecule has 0 unspecified atom stereocenters. The van der Waals surface area contributed by atoms with Gasteiger partial charge in [-0.2, -0.15) is 5.26 Å². The molecule has 0 aliphatic carbocycles. The van der Waals surface area contributed by atoms with E-state index in [1.165, 1.54) is 5.56 Å². The van der Waals surface area contributed by atoms with Crippen molar-refractivity contribution in [3.63, 3.8) is 0 Å². The van der Waals surface area contributed by atoms with Crippen molar-refractivity contribution in [2.45, 2.75) is 6.42 Å². The molecule has 4 nitrogen and oxygen atoms in total. The fourth-order valence-electron chi connectivity index (χ4n) is 2.63. The molecule has 3 rings (SSSR count). The summed E-state index contributed by atoms with van der Waals surface area (Å²) in [5.74, 6) is -0.0104. The summed E-state index contributed by atoms with van der Waals surface area (Å²) in [5, 5.41) is 12.6. The van der Waals surface area contributed by atoms with Crippen LogP contribution in [0, 0.1) is 11.3 Å². The summed E-state index contributed by atoms with van der Waals surface area (Å²) < 4.78 is 0. The van der Waals surface area contributed by atoms with Crippen molar-refractivity contribution < 1.29 is 4.79 Å². The summed E-state index contributed by atoms with van der Waals surface area (Å²) in [4.78, 5) is 14.2. The first-order chi connectivity index (χ1) is 10.7. The van der Waals surface area contributed by atoms with Crippen molar-refractivity contribution >= 4 is 28.9 Å². The van der Waals surface area contributed by atoms with Crippen LogP contribution < -0.4 is 10.2 Å². The van der Waals surface area contributed by atoms with Crippen LogP contribution in [0.15, 0.2) is 42.5 Å². The standard InChI is InChI=1S/C17H14ClN3O/c18-14-5-6-15(13(9-14)10-19)20-11-17(22)21-8-7-12-3-1-2-4-16(12)21/h1-6,9,20H,7-8,11H2. The Hall–Kier alpha value is -2.51. The number of benzene rings is 2. The Bertz CT molecular complexity index is 767. The van der Waals surface area contributed by atoms with E-state index < -0.39 is 0 Å². The molecule has 1 N–H and O–H groups in total. The SMILES string of the molecule is N#Cc1cc(Cl)ccc1NCC(=O)N1CCc2ccccc21. The van der Waals surface area contributed by atoms with Gasteiger partial charge in [-0.25, -0.2) is 0 Å². The van der Waals surface area contributed by atoms with Crippen LogP contribution in [0.1, 0.15) is 11.1 Å². The van der Waals surface area contributed by atoms with E-state index in [0.29, 0.717) is 22.8 Å². The van der Waals surface area contributed by atoms with Gasteiger partial charge in [-0.1, -0.05) is 29.8 Å². The number of para-hydroxylation sites is 1. The van der Waals surface area contributed by atoms with Crippen LogP contribution in [-0.2, 0) is 11.2 Å². The molecule has 0 spiro atoms. The third-order valence-corrected chi connectivity index (χ3v) is 3.96. The highest BCUT2D eigenvalue weighted by molar-refractivity contribution is 6.30. The Morgan fingerprint density at radius 1 is 1.32 bits per heavy atom. The Labute approximate surface area is 133 Å². The second kappa shape index (κ2) is 6.08.